The largest absolute Gasteiger partial charge is 0.497 e. The zero-order valence-electron chi connectivity index (χ0n) is 18.3. The maximum absolute atomic E-state index is 12.3. The number of hydrogen-bond acceptors (Lipinski definition) is 5. The van der Waals surface area contributed by atoms with Gasteiger partial charge in [0, 0.05) is 36.6 Å². The number of benzene rings is 2. The van der Waals surface area contributed by atoms with Crippen molar-refractivity contribution in [3.8, 4) is 22.8 Å². The second kappa shape index (κ2) is 9.64. The van der Waals surface area contributed by atoms with Gasteiger partial charge >= 0.3 is 0 Å². The van der Waals surface area contributed by atoms with E-state index in [1.165, 1.54) is 0 Å². The number of amides is 1. The molecule has 2 aromatic carbocycles. The molecule has 1 aromatic heterocycles. The van der Waals surface area contributed by atoms with Gasteiger partial charge in [-0.3, -0.25) is 14.6 Å². The lowest BCUT2D eigenvalue weighted by Crippen LogP contribution is -2.34. The van der Waals surface area contributed by atoms with E-state index in [-0.39, 0.29) is 30.6 Å². The number of fused-ring (bicyclic) bond motifs is 1. The minimum absolute atomic E-state index is 0.0669. The molecule has 1 aliphatic heterocycles. The summed E-state index contributed by atoms with van der Waals surface area (Å²) >= 11 is 0. The van der Waals surface area contributed by atoms with Crippen LogP contribution in [-0.4, -0.2) is 36.4 Å². The van der Waals surface area contributed by atoms with Crippen molar-refractivity contribution in [2.24, 2.45) is 0 Å². The highest BCUT2D eigenvalue weighted by Crippen LogP contribution is 2.38. The Kier molecular flexibility index (Phi) is 6.50. The van der Waals surface area contributed by atoms with E-state index >= 15 is 0 Å². The molecule has 1 atom stereocenters. The Morgan fingerprint density at radius 1 is 1.09 bits per heavy atom. The van der Waals surface area contributed by atoms with Crippen LogP contribution in [0.1, 0.15) is 34.3 Å². The molecule has 1 unspecified atom stereocenters. The van der Waals surface area contributed by atoms with E-state index in [2.05, 4.69) is 10.3 Å². The van der Waals surface area contributed by atoms with Crippen LogP contribution in [0.3, 0.4) is 0 Å². The summed E-state index contributed by atoms with van der Waals surface area (Å²) in [5.74, 6) is 1.30. The lowest BCUT2D eigenvalue weighted by Gasteiger charge is -2.14. The number of nitrogens with zero attached hydrogens (tertiary/aromatic N) is 1. The quantitative estimate of drug-likeness (QED) is 0.543. The zero-order valence-corrected chi connectivity index (χ0v) is 18.3. The van der Waals surface area contributed by atoms with Gasteiger partial charge < -0.3 is 14.8 Å². The molecule has 0 aliphatic carbocycles. The molecule has 6 heteroatoms. The zero-order chi connectivity index (χ0) is 22.5. The second-order valence-corrected chi connectivity index (χ2v) is 7.86. The van der Waals surface area contributed by atoms with Crippen molar-refractivity contribution in [3.05, 3.63) is 77.5 Å². The van der Waals surface area contributed by atoms with Crippen molar-refractivity contribution in [1.29, 1.82) is 0 Å². The van der Waals surface area contributed by atoms with Crippen LogP contribution < -0.4 is 14.8 Å². The van der Waals surface area contributed by atoms with Gasteiger partial charge in [-0.1, -0.05) is 18.2 Å². The van der Waals surface area contributed by atoms with Crippen LogP contribution in [0.15, 0.2) is 60.8 Å². The summed E-state index contributed by atoms with van der Waals surface area (Å²) in [7, 11) is 1.58. The fourth-order valence-corrected chi connectivity index (χ4v) is 3.87. The first kappa shape index (κ1) is 21.6. The van der Waals surface area contributed by atoms with Crippen molar-refractivity contribution in [3.63, 3.8) is 0 Å². The second-order valence-electron chi connectivity index (χ2n) is 7.86. The standard InChI is InChI=1S/C26H26N2O4/c1-17-5-4-14-27-25(17)22-7-3-6-19-15-21(32-26(19)22)16-28-24(30)13-12-23(29)18-8-10-20(31-2)11-9-18/h3-11,14,21H,12-13,15-16H2,1-2H3,(H,28,30). The number of pyridine rings is 1. The number of aryl methyl sites for hydroxylation is 1. The van der Waals surface area contributed by atoms with Crippen LogP contribution in [0.5, 0.6) is 11.5 Å². The smallest absolute Gasteiger partial charge is 0.220 e. The summed E-state index contributed by atoms with van der Waals surface area (Å²) in [6.07, 6.45) is 2.66. The molecule has 0 saturated heterocycles. The highest BCUT2D eigenvalue weighted by molar-refractivity contribution is 5.98. The van der Waals surface area contributed by atoms with Gasteiger partial charge in [-0.15, -0.1) is 0 Å². The van der Waals surface area contributed by atoms with E-state index in [1.54, 1.807) is 37.6 Å². The molecule has 1 amide bonds. The minimum Gasteiger partial charge on any atom is -0.497 e. The Morgan fingerprint density at radius 2 is 1.91 bits per heavy atom. The van der Waals surface area contributed by atoms with Gasteiger partial charge in [-0.05, 0) is 54.4 Å². The van der Waals surface area contributed by atoms with E-state index < -0.39 is 0 Å². The average molecular weight is 431 g/mol. The van der Waals surface area contributed by atoms with E-state index in [1.807, 2.05) is 37.3 Å². The van der Waals surface area contributed by atoms with E-state index in [0.29, 0.717) is 17.9 Å². The topological polar surface area (TPSA) is 77.5 Å². The van der Waals surface area contributed by atoms with Crippen LogP contribution in [-0.2, 0) is 11.2 Å². The van der Waals surface area contributed by atoms with Crippen molar-refractivity contribution >= 4 is 11.7 Å². The summed E-state index contributed by atoms with van der Waals surface area (Å²) < 4.78 is 11.3. The van der Waals surface area contributed by atoms with Gasteiger partial charge in [0.05, 0.1) is 19.3 Å². The number of nitrogens with one attached hydrogen (secondary N) is 1. The first-order chi connectivity index (χ1) is 15.5. The molecule has 3 aromatic rings. The molecule has 1 aliphatic rings. The summed E-state index contributed by atoms with van der Waals surface area (Å²) in [4.78, 5) is 29.1. The number of para-hydroxylation sites is 1. The van der Waals surface area contributed by atoms with Crippen molar-refractivity contribution in [2.45, 2.75) is 32.3 Å². The molecule has 1 N–H and O–H groups in total. The normalized spacial score (nSPS) is 14.4. The van der Waals surface area contributed by atoms with Gasteiger partial charge in [0.25, 0.3) is 0 Å². The SMILES string of the molecule is COc1ccc(C(=O)CCC(=O)NCC2Cc3cccc(-c4ncccc4C)c3O2)cc1. The molecule has 0 radical (unpaired) electrons. The Bertz CT molecular complexity index is 1120. The number of ether oxygens (including phenoxy) is 2. The van der Waals surface area contributed by atoms with Gasteiger partial charge in [0.15, 0.2) is 5.78 Å². The Balaban J connectivity index is 1.30. The lowest BCUT2D eigenvalue weighted by molar-refractivity contribution is -0.121. The monoisotopic (exact) mass is 430 g/mol. The van der Waals surface area contributed by atoms with Crippen molar-refractivity contribution in [2.75, 3.05) is 13.7 Å². The molecule has 4 rings (SSSR count). The molecule has 32 heavy (non-hydrogen) atoms. The van der Waals surface area contributed by atoms with Gasteiger partial charge in [0.1, 0.15) is 17.6 Å². The molecule has 0 fully saturated rings. The van der Waals surface area contributed by atoms with Crippen molar-refractivity contribution in [1.82, 2.24) is 10.3 Å². The van der Waals surface area contributed by atoms with Crippen LogP contribution in [0.25, 0.3) is 11.3 Å². The number of ketones is 1. The Morgan fingerprint density at radius 3 is 2.66 bits per heavy atom. The predicted molar refractivity (Wildman–Crippen MR) is 122 cm³/mol. The maximum atomic E-state index is 12.3. The summed E-state index contributed by atoms with van der Waals surface area (Å²) in [6.45, 7) is 2.42. The molecule has 2 heterocycles. The molecular weight excluding hydrogens is 404 g/mol. The third-order valence-corrected chi connectivity index (χ3v) is 5.61. The molecule has 0 bridgehead atoms. The summed E-state index contributed by atoms with van der Waals surface area (Å²) in [5, 5.41) is 2.90. The average Bonchev–Trinajstić information content (AvgIpc) is 3.25. The third-order valence-electron chi connectivity index (χ3n) is 5.61. The fourth-order valence-electron chi connectivity index (χ4n) is 3.87. The lowest BCUT2D eigenvalue weighted by atomic mass is 10.0. The molecule has 164 valence electrons. The number of carbonyl (C=O) groups is 2. The first-order valence-corrected chi connectivity index (χ1v) is 10.7. The number of rotatable bonds is 8. The van der Waals surface area contributed by atoms with Gasteiger partial charge in [-0.25, -0.2) is 0 Å². The summed E-state index contributed by atoms with van der Waals surface area (Å²) in [6, 6.07) is 16.9. The molecule has 0 spiro atoms. The van der Waals surface area contributed by atoms with E-state index in [4.69, 9.17) is 9.47 Å². The number of Topliss-reactive ketones (excluding diaryl/α,β-unsaturated/α-hetero) is 1. The van der Waals surface area contributed by atoms with Gasteiger partial charge in [0.2, 0.25) is 5.91 Å². The van der Waals surface area contributed by atoms with Crippen LogP contribution in [0.4, 0.5) is 0 Å². The highest BCUT2D eigenvalue weighted by atomic mass is 16.5. The highest BCUT2D eigenvalue weighted by Gasteiger charge is 2.26. The number of methoxy groups -OCH3 is 1. The Labute approximate surface area is 187 Å². The molecular formula is C26H26N2O4. The third kappa shape index (κ3) is 4.80. The molecule has 0 saturated carbocycles. The van der Waals surface area contributed by atoms with Crippen LogP contribution >= 0.6 is 0 Å². The fraction of sp³-hybridized carbons (Fsp3) is 0.269. The minimum atomic E-state index is -0.160. The summed E-state index contributed by atoms with van der Waals surface area (Å²) in [5.41, 5.74) is 4.65. The van der Waals surface area contributed by atoms with E-state index in [9.17, 15) is 9.59 Å². The number of hydrogen-bond donors (Lipinski definition) is 1. The van der Waals surface area contributed by atoms with E-state index in [0.717, 1.165) is 34.6 Å². The molecule has 6 nitrogen and oxygen atoms in total. The van der Waals surface area contributed by atoms with Crippen molar-refractivity contribution < 1.29 is 19.1 Å². The van der Waals surface area contributed by atoms with Crippen LogP contribution in [0.2, 0.25) is 0 Å². The number of carbonyl (C=O) groups excluding carboxylic acids is 2. The first-order valence-electron chi connectivity index (χ1n) is 10.7. The maximum Gasteiger partial charge on any atom is 0.220 e. The van der Waals surface area contributed by atoms with Gasteiger partial charge in [-0.2, -0.15) is 0 Å². The predicted octanol–water partition coefficient (Wildman–Crippen LogP) is 4.15. The number of aromatic nitrogens is 1. The van der Waals surface area contributed by atoms with Crippen LogP contribution in [0, 0.1) is 6.92 Å². The Hall–Kier alpha value is -3.67.